The van der Waals surface area contributed by atoms with Crippen molar-refractivity contribution in [2.75, 3.05) is 6.54 Å². The first-order valence-electron chi connectivity index (χ1n) is 5.15. The zero-order valence-electron chi connectivity index (χ0n) is 8.96. The zero-order valence-corrected chi connectivity index (χ0v) is 8.96. The van der Waals surface area contributed by atoms with Crippen LogP contribution in [0.1, 0.15) is 39.0 Å². The highest BCUT2D eigenvalue weighted by Crippen LogP contribution is 2.17. The molecule has 3 heteroatoms. The van der Waals surface area contributed by atoms with Crippen LogP contribution in [0.15, 0.2) is 12.2 Å². The molecule has 0 saturated carbocycles. The maximum atomic E-state index is 10.8. The Balaban J connectivity index is 3.78. The molecular weight excluding hydrogens is 178 g/mol. The van der Waals surface area contributed by atoms with E-state index in [4.69, 9.17) is 10.8 Å². The van der Waals surface area contributed by atoms with Crippen LogP contribution in [0, 0.1) is 5.92 Å². The van der Waals surface area contributed by atoms with Crippen LogP contribution in [0.2, 0.25) is 0 Å². The summed E-state index contributed by atoms with van der Waals surface area (Å²) in [5, 5.41) is 8.92. The molecule has 0 aliphatic heterocycles. The lowest BCUT2D eigenvalue weighted by Crippen LogP contribution is -2.14. The summed E-state index contributed by atoms with van der Waals surface area (Å²) in [6.45, 7) is 6.34. The smallest absolute Gasteiger partial charge is 0.306 e. The first-order valence-corrected chi connectivity index (χ1v) is 5.15. The van der Waals surface area contributed by atoms with E-state index in [0.29, 0.717) is 13.0 Å². The van der Waals surface area contributed by atoms with Crippen molar-refractivity contribution in [2.45, 2.75) is 39.0 Å². The monoisotopic (exact) mass is 199 g/mol. The summed E-state index contributed by atoms with van der Waals surface area (Å²) in [4.78, 5) is 10.8. The van der Waals surface area contributed by atoms with Crippen LogP contribution in [0.4, 0.5) is 0 Å². The minimum absolute atomic E-state index is 0.224. The van der Waals surface area contributed by atoms with Gasteiger partial charge in [0.25, 0.3) is 0 Å². The molecule has 0 aromatic heterocycles. The first kappa shape index (κ1) is 13.2. The fourth-order valence-electron chi connectivity index (χ4n) is 1.35. The Labute approximate surface area is 86.0 Å². The van der Waals surface area contributed by atoms with Crippen LogP contribution in [0.5, 0.6) is 0 Å². The van der Waals surface area contributed by atoms with Crippen molar-refractivity contribution in [3.63, 3.8) is 0 Å². The molecule has 0 saturated heterocycles. The lowest BCUT2D eigenvalue weighted by Gasteiger charge is -2.11. The second-order valence-corrected chi connectivity index (χ2v) is 3.82. The van der Waals surface area contributed by atoms with E-state index in [-0.39, 0.29) is 5.92 Å². The summed E-state index contributed by atoms with van der Waals surface area (Å²) in [5.74, 6) is -0.915. The summed E-state index contributed by atoms with van der Waals surface area (Å²) >= 11 is 0. The average molecular weight is 199 g/mol. The number of rotatable bonds is 8. The van der Waals surface area contributed by atoms with E-state index in [1.54, 1.807) is 0 Å². The highest BCUT2D eigenvalue weighted by atomic mass is 16.4. The Morgan fingerprint density at radius 3 is 2.50 bits per heavy atom. The number of nitrogens with two attached hydrogens (primary N) is 1. The molecule has 0 amide bonds. The Bertz CT molecular complexity index is 190. The fraction of sp³-hybridized carbons (Fsp3) is 0.727. The molecule has 3 nitrogen and oxygen atoms in total. The predicted molar refractivity (Wildman–Crippen MR) is 58.1 cm³/mol. The summed E-state index contributed by atoms with van der Waals surface area (Å²) in [5.41, 5.74) is 6.40. The normalized spacial score (nSPS) is 12.4. The second-order valence-electron chi connectivity index (χ2n) is 3.82. The quantitative estimate of drug-likeness (QED) is 0.465. The van der Waals surface area contributed by atoms with Crippen molar-refractivity contribution in [1.82, 2.24) is 0 Å². The van der Waals surface area contributed by atoms with Crippen LogP contribution < -0.4 is 5.73 Å². The van der Waals surface area contributed by atoms with Gasteiger partial charge in [0.05, 0.1) is 5.92 Å². The van der Waals surface area contributed by atoms with Crippen molar-refractivity contribution in [3.05, 3.63) is 12.2 Å². The van der Waals surface area contributed by atoms with E-state index in [1.165, 1.54) is 0 Å². The predicted octanol–water partition coefficient (Wildman–Crippen LogP) is 2.17. The molecule has 0 radical (unpaired) electrons. The molecule has 0 aromatic carbocycles. The molecule has 82 valence electrons. The van der Waals surface area contributed by atoms with Gasteiger partial charge in [-0.2, -0.15) is 0 Å². The van der Waals surface area contributed by atoms with Gasteiger partial charge < -0.3 is 10.8 Å². The topological polar surface area (TPSA) is 63.3 Å². The lowest BCUT2D eigenvalue weighted by atomic mass is 9.95. The molecular formula is C11H21NO2. The molecule has 0 heterocycles. The maximum absolute atomic E-state index is 10.8. The van der Waals surface area contributed by atoms with Crippen LogP contribution in [-0.4, -0.2) is 17.6 Å². The molecule has 0 fully saturated rings. The summed E-state index contributed by atoms with van der Waals surface area (Å²) < 4.78 is 0. The number of carboxylic acid groups (broad SMARTS) is 1. The van der Waals surface area contributed by atoms with E-state index in [2.05, 4.69) is 6.58 Å². The molecule has 0 aromatic rings. The Kier molecular flexibility index (Phi) is 7.11. The number of carbonyl (C=O) groups is 1. The number of hydrogen-bond donors (Lipinski definition) is 2. The third kappa shape index (κ3) is 6.66. The molecule has 3 N–H and O–H groups in total. The second kappa shape index (κ2) is 7.56. The Morgan fingerprint density at radius 2 is 2.07 bits per heavy atom. The molecule has 0 aliphatic rings. The molecule has 14 heavy (non-hydrogen) atoms. The van der Waals surface area contributed by atoms with Gasteiger partial charge in [-0.1, -0.05) is 12.0 Å². The fourth-order valence-corrected chi connectivity index (χ4v) is 1.35. The highest BCUT2D eigenvalue weighted by Gasteiger charge is 2.15. The van der Waals surface area contributed by atoms with E-state index < -0.39 is 5.97 Å². The van der Waals surface area contributed by atoms with E-state index in [0.717, 1.165) is 31.3 Å². The van der Waals surface area contributed by atoms with Crippen LogP contribution >= 0.6 is 0 Å². The Morgan fingerprint density at radius 1 is 1.43 bits per heavy atom. The molecule has 1 unspecified atom stereocenters. The first-order chi connectivity index (χ1) is 6.57. The van der Waals surface area contributed by atoms with Gasteiger partial charge in [0.1, 0.15) is 0 Å². The summed E-state index contributed by atoms with van der Waals surface area (Å²) in [6.07, 6.45) is 4.06. The summed E-state index contributed by atoms with van der Waals surface area (Å²) in [6, 6.07) is 0. The van der Waals surface area contributed by atoms with E-state index in [1.807, 2.05) is 6.92 Å². The van der Waals surface area contributed by atoms with Crippen molar-refractivity contribution < 1.29 is 9.90 Å². The van der Waals surface area contributed by atoms with Gasteiger partial charge in [0, 0.05) is 0 Å². The van der Waals surface area contributed by atoms with Crippen molar-refractivity contribution in [1.29, 1.82) is 0 Å². The van der Waals surface area contributed by atoms with E-state index >= 15 is 0 Å². The van der Waals surface area contributed by atoms with Gasteiger partial charge in [-0.3, -0.25) is 4.79 Å². The van der Waals surface area contributed by atoms with Gasteiger partial charge in [-0.05, 0) is 39.2 Å². The van der Waals surface area contributed by atoms with Gasteiger partial charge in [-0.25, -0.2) is 0 Å². The highest BCUT2D eigenvalue weighted by molar-refractivity contribution is 5.69. The number of aliphatic carboxylic acids is 1. The maximum Gasteiger partial charge on any atom is 0.306 e. The van der Waals surface area contributed by atoms with Gasteiger partial charge in [-0.15, -0.1) is 6.58 Å². The standard InChI is InChI=1S/C11H21NO2/c1-9(2)6-7-10(11(13)14)5-3-4-8-12/h10H,1,3-8,12H2,2H3,(H,13,14). The number of allylic oxidation sites excluding steroid dienone is 1. The number of carboxylic acids is 1. The third-order valence-corrected chi connectivity index (χ3v) is 2.28. The minimum atomic E-state index is -0.691. The number of hydrogen-bond acceptors (Lipinski definition) is 2. The van der Waals surface area contributed by atoms with Gasteiger partial charge >= 0.3 is 5.97 Å². The largest absolute Gasteiger partial charge is 0.481 e. The van der Waals surface area contributed by atoms with Gasteiger partial charge in [0.15, 0.2) is 0 Å². The minimum Gasteiger partial charge on any atom is -0.481 e. The molecule has 0 rings (SSSR count). The molecule has 0 bridgehead atoms. The van der Waals surface area contributed by atoms with Crippen LogP contribution in [0.3, 0.4) is 0 Å². The third-order valence-electron chi connectivity index (χ3n) is 2.28. The van der Waals surface area contributed by atoms with Gasteiger partial charge in [0.2, 0.25) is 0 Å². The summed E-state index contributed by atoms with van der Waals surface area (Å²) in [7, 11) is 0. The SMILES string of the molecule is C=C(C)CCC(CCCCN)C(=O)O. The molecule has 0 aliphatic carbocycles. The van der Waals surface area contributed by atoms with Crippen LogP contribution in [-0.2, 0) is 4.79 Å². The van der Waals surface area contributed by atoms with Crippen LogP contribution in [0.25, 0.3) is 0 Å². The zero-order chi connectivity index (χ0) is 11.0. The molecule has 0 spiro atoms. The van der Waals surface area contributed by atoms with E-state index in [9.17, 15) is 4.79 Å². The Hall–Kier alpha value is -0.830. The average Bonchev–Trinajstić information content (AvgIpc) is 2.10. The van der Waals surface area contributed by atoms with Crippen molar-refractivity contribution in [3.8, 4) is 0 Å². The molecule has 1 atom stereocenters. The van der Waals surface area contributed by atoms with Crippen molar-refractivity contribution >= 4 is 5.97 Å². The van der Waals surface area contributed by atoms with Crippen molar-refractivity contribution in [2.24, 2.45) is 11.7 Å². The number of unbranched alkanes of at least 4 members (excludes halogenated alkanes) is 1. The lowest BCUT2D eigenvalue weighted by molar-refractivity contribution is -0.142.